The van der Waals surface area contributed by atoms with Gasteiger partial charge in [-0.2, -0.15) is 13.2 Å². The van der Waals surface area contributed by atoms with Gasteiger partial charge >= 0.3 is 6.18 Å². The normalized spacial score (nSPS) is 15.3. The Labute approximate surface area is 239 Å². The van der Waals surface area contributed by atoms with Crippen LogP contribution in [0.4, 0.5) is 24.8 Å². The van der Waals surface area contributed by atoms with E-state index in [1.807, 2.05) is 0 Å². The highest BCUT2D eigenvalue weighted by Gasteiger charge is 2.31. The summed E-state index contributed by atoms with van der Waals surface area (Å²) in [5.74, 6) is -0.693. The van der Waals surface area contributed by atoms with Crippen LogP contribution in [-0.4, -0.2) is 65.8 Å². The molecule has 3 aromatic rings. The van der Waals surface area contributed by atoms with Crippen molar-refractivity contribution >= 4 is 44.6 Å². The number of thiazole rings is 1. The topological polar surface area (TPSA) is 126 Å². The van der Waals surface area contributed by atoms with E-state index >= 15 is 0 Å². The summed E-state index contributed by atoms with van der Waals surface area (Å²) in [6.07, 6.45) is -2.97. The first kappa shape index (κ1) is 30.4. The van der Waals surface area contributed by atoms with Crippen molar-refractivity contribution in [2.24, 2.45) is 0 Å². The number of benzene rings is 1. The Hall–Kier alpha value is -2.52. The first-order valence-electron chi connectivity index (χ1n) is 12.4. The summed E-state index contributed by atoms with van der Waals surface area (Å²) in [5.41, 5.74) is 0.341. The van der Waals surface area contributed by atoms with Gasteiger partial charge in [0.05, 0.1) is 49.8 Å². The molecule has 0 unspecified atom stereocenters. The average Bonchev–Trinajstić information content (AvgIpc) is 3.33. The van der Waals surface area contributed by atoms with Crippen LogP contribution in [0.5, 0.6) is 0 Å². The number of sulfonamides is 1. The van der Waals surface area contributed by atoms with Crippen molar-refractivity contribution in [3.63, 3.8) is 0 Å². The maximum Gasteiger partial charge on any atom is 0.390 e. The average molecular weight is 620 g/mol. The van der Waals surface area contributed by atoms with E-state index in [1.165, 1.54) is 17.4 Å². The number of hydrogen-bond donors (Lipinski definition) is 3. The zero-order chi connectivity index (χ0) is 29.1. The van der Waals surface area contributed by atoms with E-state index in [4.69, 9.17) is 21.3 Å². The van der Waals surface area contributed by atoms with Crippen LogP contribution in [0.2, 0.25) is 5.02 Å². The molecular formula is C25H29ClF3N5O4S2. The minimum Gasteiger partial charge on any atom is -0.389 e. The van der Waals surface area contributed by atoms with Gasteiger partial charge in [0, 0.05) is 37.4 Å². The number of halogens is 4. The van der Waals surface area contributed by atoms with Crippen LogP contribution in [0.25, 0.3) is 21.8 Å². The number of aromatic nitrogens is 3. The van der Waals surface area contributed by atoms with Gasteiger partial charge in [0.2, 0.25) is 16.0 Å². The summed E-state index contributed by atoms with van der Waals surface area (Å²) in [6.45, 7) is 4.71. The monoisotopic (exact) mass is 619 g/mol. The van der Waals surface area contributed by atoms with Gasteiger partial charge in [0.25, 0.3) is 0 Å². The zero-order valence-corrected chi connectivity index (χ0v) is 24.1. The van der Waals surface area contributed by atoms with Gasteiger partial charge in [-0.05, 0) is 38.8 Å². The molecule has 9 nitrogen and oxygen atoms in total. The molecule has 0 aliphatic carbocycles. The summed E-state index contributed by atoms with van der Waals surface area (Å²) in [7, 11) is -4.32. The van der Waals surface area contributed by atoms with Gasteiger partial charge in [-0.15, -0.1) is 11.3 Å². The first-order valence-corrected chi connectivity index (χ1v) is 15.3. The second-order valence-corrected chi connectivity index (χ2v) is 13.3. The Bertz CT molecular complexity index is 1440. The van der Waals surface area contributed by atoms with E-state index in [0.717, 1.165) is 17.8 Å². The van der Waals surface area contributed by atoms with E-state index in [9.17, 15) is 26.7 Å². The van der Waals surface area contributed by atoms with Crippen molar-refractivity contribution in [1.29, 1.82) is 0 Å². The van der Waals surface area contributed by atoms with Crippen LogP contribution in [0.1, 0.15) is 44.0 Å². The molecule has 0 amide bonds. The van der Waals surface area contributed by atoms with Gasteiger partial charge in [0.1, 0.15) is 0 Å². The third kappa shape index (κ3) is 8.26. The number of aliphatic hydroxyl groups is 1. The van der Waals surface area contributed by atoms with Gasteiger partial charge in [-0.1, -0.05) is 23.7 Å². The second-order valence-electron chi connectivity index (χ2n) is 10.0. The van der Waals surface area contributed by atoms with Gasteiger partial charge in [0.15, 0.2) is 0 Å². The number of hydrogen-bond acceptors (Lipinski definition) is 9. The van der Waals surface area contributed by atoms with Gasteiger partial charge < -0.3 is 15.2 Å². The second kappa shape index (κ2) is 12.1. The smallest absolute Gasteiger partial charge is 0.389 e. The Balaban J connectivity index is 1.73. The molecule has 0 saturated carbocycles. The van der Waals surface area contributed by atoms with Crippen LogP contribution in [0.3, 0.4) is 0 Å². The summed E-state index contributed by atoms with van der Waals surface area (Å²) in [4.78, 5) is 14.4. The quantitative estimate of drug-likeness (QED) is 0.264. The van der Waals surface area contributed by atoms with E-state index < -0.39 is 34.0 Å². The van der Waals surface area contributed by atoms with Crippen molar-refractivity contribution in [3.8, 4) is 21.8 Å². The molecule has 1 aromatic carbocycles. The van der Waals surface area contributed by atoms with Crippen LogP contribution in [0, 0.1) is 0 Å². The Morgan fingerprint density at radius 2 is 1.90 bits per heavy atom. The first-order chi connectivity index (χ1) is 18.7. The largest absolute Gasteiger partial charge is 0.390 e. The molecule has 0 radical (unpaired) electrons. The van der Waals surface area contributed by atoms with Crippen LogP contribution in [-0.2, 0) is 14.8 Å². The van der Waals surface area contributed by atoms with E-state index in [1.54, 1.807) is 38.2 Å². The van der Waals surface area contributed by atoms with Crippen molar-refractivity contribution in [2.45, 2.75) is 50.8 Å². The highest BCUT2D eigenvalue weighted by Crippen LogP contribution is 2.44. The number of nitrogens with one attached hydrogen (secondary N) is 2. The fraction of sp³-hybridized carbons (Fsp3) is 0.480. The number of nitrogens with zero attached hydrogens (tertiary/aromatic N) is 3. The summed E-state index contributed by atoms with van der Waals surface area (Å²) in [5, 5.41) is 13.9. The molecule has 4 rings (SSSR count). The zero-order valence-electron chi connectivity index (χ0n) is 21.8. The number of ether oxygens (including phenoxy) is 1. The fourth-order valence-corrected chi connectivity index (χ4v) is 6.59. The number of anilines is 2. The lowest BCUT2D eigenvalue weighted by Gasteiger charge is -2.19. The molecule has 40 heavy (non-hydrogen) atoms. The molecule has 3 heterocycles. The van der Waals surface area contributed by atoms with Crippen LogP contribution < -0.4 is 10.0 Å². The van der Waals surface area contributed by atoms with Gasteiger partial charge in [-0.25, -0.2) is 23.4 Å². The number of alkyl halides is 3. The molecule has 0 spiro atoms. The summed E-state index contributed by atoms with van der Waals surface area (Å²) in [6, 6.07) is 6.30. The van der Waals surface area contributed by atoms with Crippen LogP contribution >= 0.6 is 22.9 Å². The predicted octanol–water partition coefficient (Wildman–Crippen LogP) is 5.69. The molecule has 218 valence electrons. The molecular weight excluding hydrogens is 591 g/mol. The lowest BCUT2D eigenvalue weighted by Crippen LogP contribution is -2.29. The minimum absolute atomic E-state index is 0.00223. The Kier molecular flexibility index (Phi) is 9.25. The van der Waals surface area contributed by atoms with Gasteiger partial charge in [-0.3, -0.25) is 4.72 Å². The molecule has 1 saturated heterocycles. The summed E-state index contributed by atoms with van der Waals surface area (Å²) < 4.78 is 70.3. The maximum absolute atomic E-state index is 12.6. The standard InChI is InChI=1S/C25H29ClF3N5O4S2/c1-24(2,35)14-31-23-30-10-6-18(32-23)21-20(33-22(39-21)15-7-11-38-12-8-15)16-4-3-5-17(19(16)26)34-40(36,37)13-9-25(27,28)29/h3-6,10,15,34-35H,7-9,11-14H2,1-2H3,(H,30,31,32). The van der Waals surface area contributed by atoms with E-state index in [0.29, 0.717) is 41.0 Å². The molecule has 3 N–H and O–H groups in total. The third-order valence-corrected chi connectivity index (χ3v) is 8.88. The van der Waals surface area contributed by atoms with Crippen molar-refractivity contribution < 1.29 is 31.4 Å². The molecule has 1 aliphatic rings. The predicted molar refractivity (Wildman–Crippen MR) is 149 cm³/mol. The third-order valence-electron chi connectivity index (χ3n) is 5.96. The Morgan fingerprint density at radius 3 is 2.58 bits per heavy atom. The lowest BCUT2D eigenvalue weighted by atomic mass is 10.0. The molecule has 15 heteroatoms. The molecule has 1 aliphatic heterocycles. The SMILES string of the molecule is CC(C)(O)CNc1nccc(-c2sc(C3CCOCC3)nc2-c2cccc(NS(=O)(=O)CCC(F)(F)F)c2Cl)n1. The Morgan fingerprint density at radius 1 is 1.18 bits per heavy atom. The fourth-order valence-electron chi connectivity index (χ4n) is 3.94. The van der Waals surface area contributed by atoms with E-state index in [-0.39, 0.29) is 23.2 Å². The number of rotatable bonds is 10. The minimum atomic E-state index is -4.62. The molecule has 0 bridgehead atoms. The van der Waals surface area contributed by atoms with Crippen molar-refractivity contribution in [1.82, 2.24) is 15.0 Å². The maximum atomic E-state index is 12.6. The molecule has 1 fully saturated rings. The highest BCUT2D eigenvalue weighted by molar-refractivity contribution is 7.92. The molecule has 2 aromatic heterocycles. The van der Waals surface area contributed by atoms with Crippen LogP contribution in [0.15, 0.2) is 30.5 Å². The summed E-state index contributed by atoms with van der Waals surface area (Å²) >= 11 is 8.08. The highest BCUT2D eigenvalue weighted by atomic mass is 35.5. The molecule has 0 atom stereocenters. The van der Waals surface area contributed by atoms with E-state index in [2.05, 4.69) is 20.0 Å². The lowest BCUT2D eigenvalue weighted by molar-refractivity contribution is -0.129. The van der Waals surface area contributed by atoms with Crippen molar-refractivity contribution in [3.05, 3.63) is 40.5 Å². The van der Waals surface area contributed by atoms with Crippen molar-refractivity contribution in [2.75, 3.05) is 35.6 Å².